The van der Waals surface area contributed by atoms with Crippen LogP contribution in [0.25, 0.3) is 0 Å². The van der Waals surface area contributed by atoms with Crippen LogP contribution < -0.4 is 4.90 Å². The third-order valence-corrected chi connectivity index (χ3v) is 7.37. The SMILES string of the molecule is [2H]C1C(Br)CCCC12CN(COCC[Si](C)(C)C)c1ncccc12. The van der Waals surface area contributed by atoms with Gasteiger partial charge in [0.15, 0.2) is 0 Å². The van der Waals surface area contributed by atoms with Crippen molar-refractivity contribution in [2.24, 2.45) is 0 Å². The first-order chi connectivity index (χ1) is 11.3. The second kappa shape index (κ2) is 6.85. The fourth-order valence-electron chi connectivity index (χ4n) is 3.68. The highest BCUT2D eigenvalue weighted by Crippen LogP contribution is 2.49. The second-order valence-corrected chi connectivity index (χ2v) is 14.9. The number of halogens is 1. The average molecular weight is 398 g/mol. The second-order valence-electron chi connectivity index (χ2n) is 8.15. The molecule has 5 heteroatoms. The molecule has 0 aromatic carbocycles. The Morgan fingerprint density at radius 1 is 1.52 bits per heavy atom. The molecule has 3 unspecified atom stereocenters. The Morgan fingerprint density at radius 3 is 3.13 bits per heavy atom. The van der Waals surface area contributed by atoms with Crippen LogP contribution in [-0.4, -0.2) is 37.8 Å². The van der Waals surface area contributed by atoms with Gasteiger partial charge in [-0.25, -0.2) is 4.98 Å². The molecule has 0 bridgehead atoms. The molecule has 0 N–H and O–H groups in total. The zero-order valence-corrected chi connectivity index (χ0v) is 17.1. The van der Waals surface area contributed by atoms with Crippen molar-refractivity contribution in [1.82, 2.24) is 4.98 Å². The van der Waals surface area contributed by atoms with E-state index in [1.165, 1.54) is 18.0 Å². The molecule has 1 aromatic rings. The van der Waals surface area contributed by atoms with Gasteiger partial charge < -0.3 is 9.64 Å². The van der Waals surface area contributed by atoms with Crippen molar-refractivity contribution in [2.45, 2.75) is 61.6 Å². The summed E-state index contributed by atoms with van der Waals surface area (Å²) >= 11 is 3.74. The average Bonchev–Trinajstić information content (AvgIpc) is 2.84. The van der Waals surface area contributed by atoms with E-state index in [1.54, 1.807) is 0 Å². The molecule has 2 heterocycles. The Hall–Kier alpha value is -0.393. The zero-order chi connectivity index (χ0) is 17.4. The molecule has 2 aliphatic rings. The number of aromatic nitrogens is 1. The maximum Gasteiger partial charge on any atom is 0.134 e. The monoisotopic (exact) mass is 397 g/mol. The summed E-state index contributed by atoms with van der Waals surface area (Å²) in [6.45, 7) is 9.41. The molecule has 23 heavy (non-hydrogen) atoms. The minimum absolute atomic E-state index is 0.0991. The molecule has 1 spiro atoms. The van der Waals surface area contributed by atoms with Crippen molar-refractivity contribution in [3.8, 4) is 0 Å². The summed E-state index contributed by atoms with van der Waals surface area (Å²) in [4.78, 5) is 7.16. The molecular weight excluding hydrogens is 368 g/mol. The van der Waals surface area contributed by atoms with Crippen molar-refractivity contribution in [3.05, 3.63) is 23.9 Å². The summed E-state index contributed by atoms with van der Waals surface area (Å²) < 4.78 is 14.8. The maximum absolute atomic E-state index is 8.80. The van der Waals surface area contributed by atoms with Gasteiger partial charge in [-0.1, -0.05) is 48.1 Å². The Morgan fingerprint density at radius 2 is 2.35 bits per heavy atom. The fraction of sp³-hybridized carbons (Fsp3) is 0.722. The fourth-order valence-corrected chi connectivity index (χ4v) is 5.27. The van der Waals surface area contributed by atoms with Crippen molar-refractivity contribution in [2.75, 3.05) is 24.8 Å². The number of hydrogen-bond donors (Lipinski definition) is 0. The number of rotatable bonds is 5. The van der Waals surface area contributed by atoms with E-state index < -0.39 is 8.07 Å². The van der Waals surface area contributed by atoms with Gasteiger partial charge in [0.05, 0.1) is 0 Å². The summed E-state index contributed by atoms with van der Waals surface area (Å²) in [5.74, 6) is 1.03. The van der Waals surface area contributed by atoms with Crippen LogP contribution in [0.5, 0.6) is 0 Å². The molecule has 1 saturated carbocycles. The molecule has 3 nitrogen and oxygen atoms in total. The van der Waals surface area contributed by atoms with Crippen LogP contribution in [0.15, 0.2) is 18.3 Å². The molecule has 1 aromatic heterocycles. The van der Waals surface area contributed by atoms with Crippen LogP contribution in [0.1, 0.15) is 32.6 Å². The Kier molecular flexibility index (Phi) is 4.79. The van der Waals surface area contributed by atoms with E-state index in [-0.39, 0.29) is 16.6 Å². The number of alkyl halides is 1. The highest BCUT2D eigenvalue weighted by molar-refractivity contribution is 9.09. The van der Waals surface area contributed by atoms with Crippen LogP contribution >= 0.6 is 15.9 Å². The van der Waals surface area contributed by atoms with Gasteiger partial charge in [0.25, 0.3) is 0 Å². The number of fused-ring (bicyclic) bond motifs is 2. The molecule has 3 atom stereocenters. The van der Waals surface area contributed by atoms with Crippen LogP contribution in [0.4, 0.5) is 5.82 Å². The molecule has 1 aliphatic heterocycles. The highest BCUT2D eigenvalue weighted by atomic mass is 79.9. The molecule has 128 valence electrons. The first-order valence-corrected chi connectivity index (χ1v) is 13.3. The van der Waals surface area contributed by atoms with E-state index in [0.29, 0.717) is 6.73 Å². The molecular formula is C18H29BrN2OSi. The Labute approximate surface area is 151 Å². The van der Waals surface area contributed by atoms with Crippen molar-refractivity contribution in [1.29, 1.82) is 0 Å². The van der Waals surface area contributed by atoms with Crippen LogP contribution in [0.3, 0.4) is 0 Å². The number of ether oxygens (including phenoxy) is 1. The predicted molar refractivity (Wildman–Crippen MR) is 103 cm³/mol. The lowest BCUT2D eigenvalue weighted by atomic mass is 9.71. The lowest BCUT2D eigenvalue weighted by Gasteiger charge is -2.36. The van der Waals surface area contributed by atoms with E-state index in [0.717, 1.165) is 31.8 Å². The number of pyridine rings is 1. The molecule has 1 fully saturated rings. The first-order valence-electron chi connectivity index (χ1n) is 9.26. The molecule has 1 aliphatic carbocycles. The Bertz CT molecular complexity index is 582. The van der Waals surface area contributed by atoms with Crippen molar-refractivity contribution in [3.63, 3.8) is 0 Å². The van der Waals surface area contributed by atoms with Crippen molar-refractivity contribution < 1.29 is 6.11 Å². The van der Waals surface area contributed by atoms with Crippen molar-refractivity contribution >= 4 is 29.8 Å². The third kappa shape index (κ3) is 3.99. The summed E-state index contributed by atoms with van der Waals surface area (Å²) in [5, 5.41) is 0. The summed E-state index contributed by atoms with van der Waals surface area (Å²) in [6, 6.07) is 5.38. The first kappa shape index (κ1) is 16.1. The lowest BCUT2D eigenvalue weighted by molar-refractivity contribution is 0.143. The third-order valence-electron chi connectivity index (χ3n) is 4.94. The van der Waals surface area contributed by atoms with E-state index >= 15 is 0 Å². The van der Waals surface area contributed by atoms with Gasteiger partial charge in [0, 0.05) is 44.6 Å². The van der Waals surface area contributed by atoms with Gasteiger partial charge in [-0.3, -0.25) is 0 Å². The zero-order valence-electron chi connectivity index (χ0n) is 15.5. The van der Waals surface area contributed by atoms with Gasteiger partial charge in [0.1, 0.15) is 12.5 Å². The lowest BCUT2D eigenvalue weighted by Crippen LogP contribution is -2.39. The molecule has 0 saturated heterocycles. The topological polar surface area (TPSA) is 25.4 Å². The van der Waals surface area contributed by atoms with Crippen LogP contribution in [0, 0.1) is 0 Å². The molecule has 0 amide bonds. The summed E-state index contributed by atoms with van der Waals surface area (Å²) in [7, 11) is -1.06. The van der Waals surface area contributed by atoms with Gasteiger partial charge in [0.2, 0.25) is 0 Å². The van der Waals surface area contributed by atoms with Crippen LogP contribution in [-0.2, 0) is 10.2 Å². The minimum Gasteiger partial charge on any atom is -0.361 e. The number of hydrogen-bond acceptors (Lipinski definition) is 3. The predicted octanol–water partition coefficient (Wildman–Crippen LogP) is 4.79. The van der Waals surface area contributed by atoms with Gasteiger partial charge in [-0.2, -0.15) is 0 Å². The van der Waals surface area contributed by atoms with Gasteiger partial charge in [-0.05, 0) is 31.3 Å². The number of anilines is 1. The summed E-state index contributed by atoms with van der Waals surface area (Å²) in [5.41, 5.74) is 1.15. The van der Waals surface area contributed by atoms with E-state index in [1.807, 2.05) is 12.3 Å². The van der Waals surface area contributed by atoms with E-state index in [2.05, 4.69) is 51.5 Å². The van der Waals surface area contributed by atoms with E-state index in [9.17, 15) is 0 Å². The summed E-state index contributed by atoms with van der Waals surface area (Å²) in [6.07, 6.45) is 5.08. The molecule has 3 rings (SSSR count). The number of nitrogens with zero attached hydrogens (tertiary/aromatic N) is 2. The quantitative estimate of drug-likeness (QED) is 0.405. The maximum atomic E-state index is 8.80. The van der Waals surface area contributed by atoms with Crippen LogP contribution in [0.2, 0.25) is 25.7 Å². The standard InChI is InChI=1S/C18H29BrN2OSi/c1-23(2,3)11-10-22-14-21-13-18(8-4-6-15(19)12-18)16-7-5-9-20-17(16)21/h5,7,9,15H,4,6,8,10-14H2,1-3H3/i12D. The smallest absolute Gasteiger partial charge is 0.134 e. The normalized spacial score (nSPS) is 31.3. The highest BCUT2D eigenvalue weighted by Gasteiger charge is 2.45. The van der Waals surface area contributed by atoms with Gasteiger partial charge >= 0.3 is 0 Å². The largest absolute Gasteiger partial charge is 0.361 e. The van der Waals surface area contributed by atoms with E-state index in [4.69, 9.17) is 6.11 Å². The Balaban J connectivity index is 1.74. The van der Waals surface area contributed by atoms with Gasteiger partial charge in [-0.15, -0.1) is 0 Å². The minimum atomic E-state index is -1.06. The molecule has 0 radical (unpaired) electrons.